The zero-order valence-electron chi connectivity index (χ0n) is 27.2. The zero-order valence-corrected chi connectivity index (χ0v) is 27.2. The fourth-order valence-corrected chi connectivity index (χ4v) is 4.38. The summed E-state index contributed by atoms with van der Waals surface area (Å²) >= 11 is 0. The molecule has 1 fully saturated rings. The van der Waals surface area contributed by atoms with Crippen LogP contribution in [-0.2, 0) is 49.4 Å². The Bertz CT molecular complexity index is 1200. The minimum atomic E-state index is -1.82. The highest BCUT2D eigenvalue weighted by Gasteiger charge is 2.48. The Balaban J connectivity index is 1.12. The van der Waals surface area contributed by atoms with Gasteiger partial charge in [-0.2, -0.15) is 0 Å². The summed E-state index contributed by atoms with van der Waals surface area (Å²) in [5, 5.41) is 42.1. The van der Waals surface area contributed by atoms with E-state index in [-0.39, 0.29) is 37.3 Å². The molecule has 2 aliphatic heterocycles. The lowest BCUT2D eigenvalue weighted by Gasteiger charge is -2.38. The van der Waals surface area contributed by atoms with E-state index < -0.39 is 42.8 Å². The molecule has 5 atom stereocenters. The van der Waals surface area contributed by atoms with E-state index >= 15 is 0 Å². The van der Waals surface area contributed by atoms with Gasteiger partial charge in [-0.15, -0.1) is 0 Å². The maximum atomic E-state index is 12.3. The van der Waals surface area contributed by atoms with Crippen molar-refractivity contribution in [2.45, 2.75) is 37.3 Å². The van der Waals surface area contributed by atoms with Crippen LogP contribution in [0, 0.1) is 0 Å². The Morgan fingerprint density at radius 2 is 1.39 bits per heavy atom. The van der Waals surface area contributed by atoms with Gasteiger partial charge in [0.05, 0.1) is 59.4 Å². The number of aliphatic hydroxyl groups excluding tert-OH is 3. The van der Waals surface area contributed by atoms with Crippen molar-refractivity contribution >= 4 is 23.9 Å². The van der Waals surface area contributed by atoms with Crippen molar-refractivity contribution in [1.29, 1.82) is 0 Å². The summed E-state index contributed by atoms with van der Waals surface area (Å²) in [5.74, 6) is -1.98. The summed E-state index contributed by atoms with van der Waals surface area (Å²) in [6.45, 7) is 4.75. The molecule has 3 rings (SSSR count). The van der Waals surface area contributed by atoms with Crippen LogP contribution in [0.15, 0.2) is 36.4 Å². The molecular formula is C31H45N3O15. The second-order valence-corrected chi connectivity index (χ2v) is 10.8. The van der Waals surface area contributed by atoms with Gasteiger partial charge in [-0.3, -0.25) is 14.5 Å². The number of hydrogen-bond acceptors (Lipinski definition) is 15. The number of rotatable bonds is 23. The number of hydrogen-bond donors (Lipinski definition) is 5. The van der Waals surface area contributed by atoms with Crippen molar-refractivity contribution in [3.05, 3.63) is 42.0 Å². The Labute approximate surface area is 283 Å². The molecule has 18 heteroatoms. The van der Waals surface area contributed by atoms with Crippen molar-refractivity contribution < 1.29 is 72.8 Å². The lowest BCUT2D eigenvalue weighted by atomic mass is 9.99. The van der Waals surface area contributed by atoms with Crippen molar-refractivity contribution in [1.82, 2.24) is 15.1 Å². The van der Waals surface area contributed by atoms with E-state index in [2.05, 4.69) is 5.32 Å². The summed E-state index contributed by atoms with van der Waals surface area (Å²) in [4.78, 5) is 48.9. The smallest absolute Gasteiger partial charge is 0.409 e. The number of nitrogens with zero attached hydrogens (tertiary/aromatic N) is 2. The number of nitrogens with one attached hydrogen (secondary N) is 1. The third kappa shape index (κ3) is 13.6. The molecule has 0 spiro atoms. The quantitative estimate of drug-likeness (QED) is 0.0621. The molecule has 1 aromatic carbocycles. The van der Waals surface area contributed by atoms with Crippen LogP contribution in [0.5, 0.6) is 5.75 Å². The molecule has 3 amide bonds. The second kappa shape index (κ2) is 21.4. The SMILES string of the molecule is CN(CCNCCOCCOCCOCCOCCN1C(=O)C=CC1=O)C(=O)OCc1ccc(O[C@@H]2O[C@H](C(=O)O)[C@@H](O)[C@H](O)[C@H]2O)cc1. The Morgan fingerprint density at radius 1 is 0.816 bits per heavy atom. The van der Waals surface area contributed by atoms with E-state index in [1.54, 1.807) is 19.2 Å². The van der Waals surface area contributed by atoms with Crippen molar-refractivity contribution in [3.63, 3.8) is 0 Å². The average Bonchev–Trinajstić information content (AvgIpc) is 3.41. The van der Waals surface area contributed by atoms with Gasteiger partial charge in [-0.25, -0.2) is 9.59 Å². The number of carbonyl (C=O) groups is 4. The summed E-state index contributed by atoms with van der Waals surface area (Å²) < 4.78 is 37.6. The molecule has 0 saturated carbocycles. The lowest BCUT2D eigenvalue weighted by molar-refractivity contribution is -0.271. The Hall–Kier alpha value is -3.72. The second-order valence-electron chi connectivity index (χ2n) is 10.8. The number of carboxylic acids is 1. The van der Waals surface area contributed by atoms with Gasteiger partial charge in [0, 0.05) is 38.8 Å². The van der Waals surface area contributed by atoms with Crippen molar-refractivity contribution in [2.24, 2.45) is 0 Å². The first-order valence-corrected chi connectivity index (χ1v) is 15.7. The van der Waals surface area contributed by atoms with Gasteiger partial charge in [-0.05, 0) is 17.7 Å². The molecule has 0 aliphatic carbocycles. The Kier molecular flexibility index (Phi) is 17.3. The number of aliphatic carboxylic acids is 1. The fourth-order valence-electron chi connectivity index (χ4n) is 4.38. The Morgan fingerprint density at radius 3 is 1.98 bits per heavy atom. The summed E-state index contributed by atoms with van der Waals surface area (Å²) in [7, 11) is 1.61. The van der Waals surface area contributed by atoms with Crippen LogP contribution >= 0.6 is 0 Å². The summed E-state index contributed by atoms with van der Waals surface area (Å²) in [6.07, 6.45) is -6.62. The van der Waals surface area contributed by atoms with Crippen molar-refractivity contribution in [2.75, 3.05) is 86.1 Å². The van der Waals surface area contributed by atoms with E-state index in [1.807, 2.05) is 0 Å². The number of ether oxygens (including phenoxy) is 7. The van der Waals surface area contributed by atoms with Crippen LogP contribution in [0.1, 0.15) is 5.56 Å². The first kappa shape index (κ1) is 39.7. The summed E-state index contributed by atoms with van der Waals surface area (Å²) in [6, 6.07) is 6.19. The van der Waals surface area contributed by atoms with Crippen LogP contribution < -0.4 is 10.1 Å². The standard InChI is InChI=1S/C31H45N3O15/c1-33(10-8-32-9-12-43-14-16-45-18-19-46-17-15-44-13-11-34-23(35)6-7-24(34)36)31(42)47-20-21-2-4-22(5-3-21)48-30-27(39)25(37)26(38)28(49-30)29(40)41/h2-7,25-28,30,32,37-39H,8-20H2,1H3,(H,40,41)/t25-,26-,27+,28-,30+/m0/s1. The molecule has 274 valence electrons. The molecule has 2 heterocycles. The number of imide groups is 1. The van der Waals surface area contributed by atoms with Crippen LogP contribution in [0.2, 0.25) is 0 Å². The molecule has 0 aromatic heterocycles. The van der Waals surface area contributed by atoms with Gasteiger partial charge in [0.2, 0.25) is 6.29 Å². The largest absolute Gasteiger partial charge is 0.479 e. The van der Waals surface area contributed by atoms with Gasteiger partial charge in [-0.1, -0.05) is 12.1 Å². The maximum absolute atomic E-state index is 12.3. The number of aliphatic hydroxyl groups is 3. The topological polar surface area (TPSA) is 232 Å². The molecule has 0 bridgehead atoms. The number of amides is 3. The molecule has 18 nitrogen and oxygen atoms in total. The highest BCUT2D eigenvalue weighted by atomic mass is 16.7. The van der Waals surface area contributed by atoms with Gasteiger partial charge in [0.25, 0.3) is 11.8 Å². The number of carboxylic acid groups (broad SMARTS) is 1. The molecule has 2 aliphatic rings. The highest BCUT2D eigenvalue weighted by molar-refractivity contribution is 6.12. The number of likely N-dealkylation sites (N-methyl/N-ethyl adjacent to an activating group) is 1. The summed E-state index contributed by atoms with van der Waals surface area (Å²) in [5.41, 5.74) is 0.636. The van der Waals surface area contributed by atoms with Crippen LogP contribution in [0.25, 0.3) is 0 Å². The number of benzene rings is 1. The van der Waals surface area contributed by atoms with E-state index in [0.717, 1.165) is 4.90 Å². The van der Waals surface area contributed by atoms with Crippen molar-refractivity contribution in [3.8, 4) is 5.75 Å². The van der Waals surface area contributed by atoms with E-state index in [0.29, 0.717) is 71.4 Å². The van der Waals surface area contributed by atoms with E-state index in [4.69, 9.17) is 38.3 Å². The van der Waals surface area contributed by atoms with E-state index in [1.165, 1.54) is 29.2 Å². The van der Waals surface area contributed by atoms with Crippen LogP contribution in [0.3, 0.4) is 0 Å². The third-order valence-corrected chi connectivity index (χ3v) is 7.19. The van der Waals surface area contributed by atoms with Gasteiger partial charge in [0.1, 0.15) is 30.7 Å². The average molecular weight is 700 g/mol. The maximum Gasteiger partial charge on any atom is 0.409 e. The number of carbonyl (C=O) groups excluding carboxylic acids is 3. The zero-order chi connectivity index (χ0) is 35.6. The lowest BCUT2D eigenvalue weighted by Crippen LogP contribution is -2.61. The minimum Gasteiger partial charge on any atom is -0.479 e. The van der Waals surface area contributed by atoms with Crippen LogP contribution in [-0.4, -0.2) is 171 Å². The first-order valence-electron chi connectivity index (χ1n) is 15.7. The molecule has 5 N–H and O–H groups in total. The van der Waals surface area contributed by atoms with Gasteiger partial charge in [0.15, 0.2) is 6.10 Å². The molecule has 0 unspecified atom stereocenters. The minimum absolute atomic E-state index is 0.0206. The van der Waals surface area contributed by atoms with Gasteiger partial charge >= 0.3 is 12.1 Å². The van der Waals surface area contributed by atoms with Gasteiger partial charge < -0.3 is 63.8 Å². The predicted molar refractivity (Wildman–Crippen MR) is 166 cm³/mol. The predicted octanol–water partition coefficient (Wildman–Crippen LogP) is -1.89. The van der Waals surface area contributed by atoms with E-state index in [9.17, 15) is 34.5 Å². The highest BCUT2D eigenvalue weighted by Crippen LogP contribution is 2.25. The monoisotopic (exact) mass is 699 g/mol. The molecule has 1 saturated heterocycles. The first-order chi connectivity index (χ1) is 23.6. The molecule has 49 heavy (non-hydrogen) atoms. The molecular weight excluding hydrogens is 654 g/mol. The van der Waals surface area contributed by atoms with Crippen LogP contribution in [0.4, 0.5) is 4.79 Å². The molecule has 0 radical (unpaired) electrons. The normalized spacial score (nSPS) is 22.0. The molecule has 1 aromatic rings. The fraction of sp³-hybridized carbons (Fsp3) is 0.613. The third-order valence-electron chi connectivity index (χ3n) is 7.19.